The van der Waals surface area contributed by atoms with E-state index in [2.05, 4.69) is 19.6 Å². The van der Waals surface area contributed by atoms with Crippen LogP contribution >= 0.6 is 0 Å². The Morgan fingerprint density at radius 1 is 1.29 bits per heavy atom. The lowest BCUT2D eigenvalue weighted by Crippen LogP contribution is -2.18. The van der Waals surface area contributed by atoms with E-state index in [1.165, 1.54) is 18.5 Å². The minimum absolute atomic E-state index is 0.222. The third-order valence-corrected chi connectivity index (χ3v) is 3.72. The van der Waals surface area contributed by atoms with Gasteiger partial charge in [-0.25, -0.2) is 4.79 Å². The summed E-state index contributed by atoms with van der Waals surface area (Å²) in [7, 11) is -0.904. The van der Waals surface area contributed by atoms with Crippen molar-refractivity contribution in [1.29, 1.82) is 0 Å². The molecule has 0 N–H and O–H groups in total. The van der Waals surface area contributed by atoms with E-state index in [0.29, 0.717) is 6.61 Å². The van der Waals surface area contributed by atoms with Gasteiger partial charge >= 0.3 is 5.97 Å². The summed E-state index contributed by atoms with van der Waals surface area (Å²) in [5.74, 6) is -0.222. The molecule has 0 aliphatic carbocycles. The molecule has 0 aromatic carbocycles. The number of hydrogen-bond donors (Lipinski definition) is 0. The normalized spacial score (nSPS) is 12.0. The van der Waals surface area contributed by atoms with E-state index in [-0.39, 0.29) is 5.97 Å². The van der Waals surface area contributed by atoms with E-state index in [0.717, 1.165) is 6.42 Å². The van der Waals surface area contributed by atoms with Gasteiger partial charge in [-0.15, -0.1) is 0 Å². The SMILES string of the molecule is CC=CC(=O)OCCCC[Si](C)(C)C. The zero-order chi connectivity index (χ0) is 11.0. The van der Waals surface area contributed by atoms with Crippen molar-refractivity contribution >= 4 is 14.0 Å². The maximum Gasteiger partial charge on any atom is 0.330 e. The summed E-state index contributed by atoms with van der Waals surface area (Å²) in [5.41, 5.74) is 0. The van der Waals surface area contributed by atoms with E-state index in [9.17, 15) is 4.79 Å². The first-order valence-electron chi connectivity index (χ1n) is 5.25. The highest BCUT2D eigenvalue weighted by Gasteiger charge is 2.11. The van der Waals surface area contributed by atoms with Crippen LogP contribution < -0.4 is 0 Å². The monoisotopic (exact) mass is 214 g/mol. The van der Waals surface area contributed by atoms with Gasteiger partial charge in [-0.2, -0.15) is 0 Å². The van der Waals surface area contributed by atoms with Gasteiger partial charge in [0, 0.05) is 14.1 Å². The first-order chi connectivity index (χ1) is 6.45. The number of esters is 1. The van der Waals surface area contributed by atoms with E-state index in [1.54, 1.807) is 6.08 Å². The fraction of sp³-hybridized carbons (Fsp3) is 0.727. The summed E-state index contributed by atoms with van der Waals surface area (Å²) in [6.45, 7) is 9.45. The van der Waals surface area contributed by atoms with Gasteiger partial charge in [-0.3, -0.25) is 0 Å². The average molecular weight is 214 g/mol. The lowest BCUT2D eigenvalue weighted by Gasteiger charge is -2.14. The highest BCUT2D eigenvalue weighted by molar-refractivity contribution is 6.76. The standard InChI is InChI=1S/C11H22O2Si/c1-5-8-11(12)13-9-6-7-10-14(2,3)4/h5,8H,6-7,9-10H2,1-4H3. The molecule has 14 heavy (non-hydrogen) atoms. The predicted molar refractivity (Wildman–Crippen MR) is 63.2 cm³/mol. The molecule has 0 radical (unpaired) electrons. The molecule has 0 unspecified atom stereocenters. The number of ether oxygens (including phenoxy) is 1. The van der Waals surface area contributed by atoms with E-state index in [4.69, 9.17) is 4.74 Å². The van der Waals surface area contributed by atoms with Crippen LogP contribution in [0.25, 0.3) is 0 Å². The second-order valence-electron chi connectivity index (χ2n) is 4.69. The van der Waals surface area contributed by atoms with Crippen molar-refractivity contribution in [2.24, 2.45) is 0 Å². The van der Waals surface area contributed by atoms with Crippen molar-refractivity contribution in [2.45, 2.75) is 45.5 Å². The maximum absolute atomic E-state index is 10.9. The topological polar surface area (TPSA) is 26.3 Å². The molecule has 2 nitrogen and oxygen atoms in total. The molecule has 0 spiro atoms. The Morgan fingerprint density at radius 2 is 1.93 bits per heavy atom. The Balaban J connectivity index is 3.35. The second kappa shape index (κ2) is 6.82. The number of carbonyl (C=O) groups is 1. The van der Waals surface area contributed by atoms with Crippen LogP contribution in [0.1, 0.15) is 19.8 Å². The number of rotatable bonds is 6. The van der Waals surface area contributed by atoms with Gasteiger partial charge in [-0.05, 0) is 13.3 Å². The van der Waals surface area contributed by atoms with Crippen LogP contribution in [0.15, 0.2) is 12.2 Å². The predicted octanol–water partition coefficient (Wildman–Crippen LogP) is 3.22. The van der Waals surface area contributed by atoms with Crippen LogP contribution in [0.4, 0.5) is 0 Å². The zero-order valence-corrected chi connectivity index (χ0v) is 10.8. The summed E-state index contributed by atoms with van der Waals surface area (Å²) in [4.78, 5) is 10.9. The molecule has 0 atom stereocenters. The van der Waals surface area contributed by atoms with Crippen molar-refractivity contribution in [1.82, 2.24) is 0 Å². The van der Waals surface area contributed by atoms with Crippen LogP contribution in [-0.2, 0) is 9.53 Å². The first-order valence-corrected chi connectivity index (χ1v) is 8.96. The quantitative estimate of drug-likeness (QED) is 0.294. The fourth-order valence-corrected chi connectivity index (χ4v) is 2.43. The first kappa shape index (κ1) is 13.4. The molecule has 0 bridgehead atoms. The van der Waals surface area contributed by atoms with Gasteiger partial charge in [0.25, 0.3) is 0 Å². The Labute approximate surface area is 88.4 Å². The molecule has 0 fully saturated rings. The van der Waals surface area contributed by atoms with Gasteiger partial charge in [0.15, 0.2) is 0 Å². The van der Waals surface area contributed by atoms with Gasteiger partial charge in [0.1, 0.15) is 0 Å². The highest BCUT2D eigenvalue weighted by Crippen LogP contribution is 2.12. The third kappa shape index (κ3) is 9.51. The molecule has 0 aromatic rings. The zero-order valence-electron chi connectivity index (χ0n) is 9.80. The van der Waals surface area contributed by atoms with Crippen LogP contribution in [-0.4, -0.2) is 20.7 Å². The minimum Gasteiger partial charge on any atom is -0.463 e. The molecule has 0 heterocycles. The molecule has 0 saturated carbocycles. The van der Waals surface area contributed by atoms with Gasteiger partial charge in [0.05, 0.1) is 6.61 Å². The van der Waals surface area contributed by atoms with Crippen LogP contribution in [0, 0.1) is 0 Å². The van der Waals surface area contributed by atoms with Crippen molar-refractivity contribution in [3.05, 3.63) is 12.2 Å². The summed E-state index contributed by atoms with van der Waals surface area (Å²) < 4.78 is 4.99. The number of hydrogen-bond acceptors (Lipinski definition) is 2. The molecule has 0 aromatic heterocycles. The number of carbonyl (C=O) groups excluding carboxylic acids is 1. The summed E-state index contributed by atoms with van der Waals surface area (Å²) in [5, 5.41) is 0. The van der Waals surface area contributed by atoms with Crippen molar-refractivity contribution in [3.63, 3.8) is 0 Å². The Hall–Kier alpha value is -0.573. The highest BCUT2D eigenvalue weighted by atomic mass is 28.3. The Bertz CT molecular complexity index is 192. The van der Waals surface area contributed by atoms with Crippen LogP contribution in [0.2, 0.25) is 25.7 Å². The molecular formula is C11H22O2Si. The summed E-state index contributed by atoms with van der Waals surface area (Å²) >= 11 is 0. The molecule has 0 saturated heterocycles. The average Bonchev–Trinajstić information content (AvgIpc) is 2.02. The largest absolute Gasteiger partial charge is 0.463 e. The van der Waals surface area contributed by atoms with Gasteiger partial charge in [0.2, 0.25) is 0 Å². The Morgan fingerprint density at radius 3 is 2.43 bits per heavy atom. The molecule has 0 aliphatic rings. The van der Waals surface area contributed by atoms with Gasteiger partial charge in [-0.1, -0.05) is 38.2 Å². The molecular weight excluding hydrogens is 192 g/mol. The maximum atomic E-state index is 10.9. The third-order valence-electron chi connectivity index (χ3n) is 1.87. The second-order valence-corrected chi connectivity index (χ2v) is 10.3. The van der Waals surface area contributed by atoms with Crippen molar-refractivity contribution in [3.8, 4) is 0 Å². The lowest BCUT2D eigenvalue weighted by atomic mass is 10.3. The van der Waals surface area contributed by atoms with E-state index >= 15 is 0 Å². The molecule has 0 aliphatic heterocycles. The van der Waals surface area contributed by atoms with E-state index in [1.807, 2.05) is 6.92 Å². The minimum atomic E-state index is -0.904. The van der Waals surface area contributed by atoms with Crippen LogP contribution in [0.3, 0.4) is 0 Å². The summed E-state index contributed by atoms with van der Waals surface area (Å²) in [6.07, 6.45) is 5.33. The van der Waals surface area contributed by atoms with Crippen molar-refractivity contribution in [2.75, 3.05) is 6.61 Å². The smallest absolute Gasteiger partial charge is 0.330 e. The molecule has 3 heteroatoms. The van der Waals surface area contributed by atoms with Gasteiger partial charge < -0.3 is 4.74 Å². The molecule has 0 rings (SSSR count). The molecule has 0 amide bonds. The number of unbranched alkanes of at least 4 members (excludes halogenated alkanes) is 1. The van der Waals surface area contributed by atoms with Crippen molar-refractivity contribution < 1.29 is 9.53 Å². The number of allylic oxidation sites excluding steroid dienone is 1. The lowest BCUT2D eigenvalue weighted by molar-refractivity contribution is -0.137. The Kier molecular flexibility index (Phi) is 6.54. The van der Waals surface area contributed by atoms with Crippen LogP contribution in [0.5, 0.6) is 0 Å². The molecule has 82 valence electrons. The summed E-state index contributed by atoms with van der Waals surface area (Å²) in [6, 6.07) is 1.31. The fourth-order valence-electron chi connectivity index (χ4n) is 1.11. The van der Waals surface area contributed by atoms with E-state index < -0.39 is 8.07 Å².